The number of hydrogen-bond donors (Lipinski definition) is 0. The highest BCUT2D eigenvalue weighted by Crippen LogP contribution is 2.22. The maximum absolute atomic E-state index is 4.40. The molecular weight excluding hydrogens is 158 g/mol. The Kier molecular flexibility index (Phi) is 1.80. The molecule has 0 bridgehead atoms. The molecule has 0 N–H and O–H groups in total. The Morgan fingerprint density at radius 3 is 2.54 bits per heavy atom. The fourth-order valence-corrected chi connectivity index (χ4v) is 1.71. The average molecular weight is 171 g/mol. The Hall–Kier alpha value is -1.37. The largest absolute Gasteiger partial charge is 0.256 e. The van der Waals surface area contributed by atoms with Gasteiger partial charge in [0, 0.05) is 11.6 Å². The van der Waals surface area contributed by atoms with Crippen LogP contribution in [-0.4, -0.2) is 4.98 Å². The Bertz CT molecular complexity index is 458. The molecular formula is C12H13N. The van der Waals surface area contributed by atoms with E-state index in [2.05, 4.69) is 44.0 Å². The van der Waals surface area contributed by atoms with Gasteiger partial charge in [-0.25, -0.2) is 0 Å². The molecule has 0 unspecified atom stereocenters. The minimum absolute atomic E-state index is 1.10. The van der Waals surface area contributed by atoms with E-state index in [9.17, 15) is 0 Å². The molecule has 1 aromatic carbocycles. The molecule has 0 saturated heterocycles. The summed E-state index contributed by atoms with van der Waals surface area (Å²) in [6.07, 6.45) is 1.94. The van der Waals surface area contributed by atoms with Crippen LogP contribution in [0.2, 0.25) is 0 Å². The number of hydrogen-bond acceptors (Lipinski definition) is 1. The molecule has 0 radical (unpaired) electrons. The van der Waals surface area contributed by atoms with Crippen molar-refractivity contribution < 1.29 is 0 Å². The van der Waals surface area contributed by atoms with Crippen molar-refractivity contribution >= 4 is 10.9 Å². The lowest BCUT2D eigenvalue weighted by molar-refractivity contribution is 1.27. The van der Waals surface area contributed by atoms with Crippen molar-refractivity contribution in [3.8, 4) is 0 Å². The molecule has 2 rings (SSSR count). The normalized spacial score (nSPS) is 10.7. The van der Waals surface area contributed by atoms with Crippen molar-refractivity contribution in [2.75, 3.05) is 0 Å². The molecule has 2 aromatic rings. The first kappa shape index (κ1) is 8.24. The highest BCUT2D eigenvalue weighted by atomic mass is 14.6. The first-order chi connectivity index (χ1) is 6.20. The third kappa shape index (κ3) is 1.21. The first-order valence-corrected chi connectivity index (χ1v) is 4.51. The van der Waals surface area contributed by atoms with Gasteiger partial charge in [-0.3, -0.25) is 4.98 Å². The second kappa shape index (κ2) is 2.84. The van der Waals surface area contributed by atoms with E-state index in [4.69, 9.17) is 0 Å². The molecule has 0 amide bonds. The number of benzene rings is 1. The van der Waals surface area contributed by atoms with Crippen LogP contribution in [0.5, 0.6) is 0 Å². The van der Waals surface area contributed by atoms with Crippen molar-refractivity contribution in [3.63, 3.8) is 0 Å². The predicted molar refractivity (Wildman–Crippen MR) is 56.0 cm³/mol. The minimum Gasteiger partial charge on any atom is -0.256 e. The highest BCUT2D eigenvalue weighted by Gasteiger charge is 2.02. The van der Waals surface area contributed by atoms with Crippen molar-refractivity contribution in [3.05, 3.63) is 41.1 Å². The molecule has 0 aliphatic carbocycles. The number of rotatable bonds is 0. The van der Waals surface area contributed by atoms with Gasteiger partial charge < -0.3 is 0 Å². The van der Waals surface area contributed by atoms with Gasteiger partial charge in [-0.05, 0) is 43.5 Å². The number of nitrogens with zero attached hydrogens (tertiary/aromatic N) is 1. The Balaban J connectivity index is 2.97. The van der Waals surface area contributed by atoms with Gasteiger partial charge in [0.25, 0.3) is 0 Å². The molecule has 13 heavy (non-hydrogen) atoms. The van der Waals surface area contributed by atoms with Crippen molar-refractivity contribution in [1.29, 1.82) is 0 Å². The van der Waals surface area contributed by atoms with E-state index >= 15 is 0 Å². The zero-order valence-corrected chi connectivity index (χ0v) is 8.26. The second-order valence-electron chi connectivity index (χ2n) is 3.54. The summed E-state index contributed by atoms with van der Waals surface area (Å²) >= 11 is 0. The molecule has 0 spiro atoms. The van der Waals surface area contributed by atoms with E-state index < -0.39 is 0 Å². The van der Waals surface area contributed by atoms with Gasteiger partial charge in [0.2, 0.25) is 0 Å². The monoisotopic (exact) mass is 171 g/mol. The Morgan fingerprint density at radius 1 is 1.00 bits per heavy atom. The van der Waals surface area contributed by atoms with Crippen LogP contribution >= 0.6 is 0 Å². The van der Waals surface area contributed by atoms with Crippen molar-refractivity contribution in [1.82, 2.24) is 4.98 Å². The summed E-state index contributed by atoms with van der Waals surface area (Å²) < 4.78 is 0. The zero-order chi connectivity index (χ0) is 9.42. The summed E-state index contributed by atoms with van der Waals surface area (Å²) in [6, 6.07) is 6.25. The first-order valence-electron chi connectivity index (χ1n) is 4.51. The van der Waals surface area contributed by atoms with E-state index in [-0.39, 0.29) is 0 Å². The van der Waals surface area contributed by atoms with E-state index in [1.165, 1.54) is 22.1 Å². The van der Waals surface area contributed by atoms with Crippen LogP contribution in [0.1, 0.15) is 16.7 Å². The molecule has 0 aliphatic heterocycles. The summed E-state index contributed by atoms with van der Waals surface area (Å²) in [6.45, 7) is 6.40. The topological polar surface area (TPSA) is 12.9 Å². The lowest BCUT2D eigenvalue weighted by Gasteiger charge is -2.06. The maximum Gasteiger partial charge on any atom is 0.0707 e. The summed E-state index contributed by atoms with van der Waals surface area (Å²) in [4.78, 5) is 4.40. The third-order valence-corrected chi connectivity index (χ3v) is 2.61. The van der Waals surface area contributed by atoms with E-state index in [0.717, 1.165) is 5.52 Å². The van der Waals surface area contributed by atoms with Crippen LogP contribution in [0.3, 0.4) is 0 Å². The summed E-state index contributed by atoms with van der Waals surface area (Å²) in [5, 5.41) is 1.31. The second-order valence-corrected chi connectivity index (χ2v) is 3.54. The zero-order valence-electron chi connectivity index (χ0n) is 8.26. The lowest BCUT2D eigenvalue weighted by atomic mass is 10.0. The van der Waals surface area contributed by atoms with Gasteiger partial charge in [-0.15, -0.1) is 0 Å². The summed E-state index contributed by atoms with van der Waals surface area (Å²) in [5.74, 6) is 0. The fourth-order valence-electron chi connectivity index (χ4n) is 1.71. The molecule has 1 heterocycles. The van der Waals surface area contributed by atoms with Crippen molar-refractivity contribution in [2.45, 2.75) is 20.8 Å². The summed E-state index contributed by atoms with van der Waals surface area (Å²) in [5.41, 5.74) is 5.03. The number of aryl methyl sites for hydroxylation is 3. The molecule has 0 fully saturated rings. The van der Waals surface area contributed by atoms with E-state index in [0.29, 0.717) is 0 Å². The van der Waals surface area contributed by atoms with Gasteiger partial charge in [0.05, 0.1) is 5.52 Å². The van der Waals surface area contributed by atoms with Crippen LogP contribution < -0.4 is 0 Å². The maximum atomic E-state index is 4.40. The molecule has 1 nitrogen and oxygen atoms in total. The molecule has 66 valence electrons. The fraction of sp³-hybridized carbons (Fsp3) is 0.250. The van der Waals surface area contributed by atoms with Crippen LogP contribution in [0.4, 0.5) is 0 Å². The van der Waals surface area contributed by atoms with Crippen molar-refractivity contribution in [2.24, 2.45) is 0 Å². The van der Waals surface area contributed by atoms with Gasteiger partial charge in [-0.2, -0.15) is 0 Å². The van der Waals surface area contributed by atoms with Gasteiger partial charge in [0.1, 0.15) is 0 Å². The average Bonchev–Trinajstić information content (AvgIpc) is 2.12. The quantitative estimate of drug-likeness (QED) is 0.593. The number of fused-ring (bicyclic) bond motifs is 1. The minimum atomic E-state index is 1.10. The smallest absolute Gasteiger partial charge is 0.0707 e. The highest BCUT2D eigenvalue weighted by molar-refractivity contribution is 5.85. The molecule has 1 heteroatoms. The SMILES string of the molecule is Cc1cnc2cccc(C)c2c1C. The molecule has 0 aliphatic rings. The lowest BCUT2D eigenvalue weighted by Crippen LogP contribution is -1.89. The van der Waals surface area contributed by atoms with Gasteiger partial charge in [-0.1, -0.05) is 12.1 Å². The summed E-state index contributed by atoms with van der Waals surface area (Å²) in [7, 11) is 0. The third-order valence-electron chi connectivity index (χ3n) is 2.61. The molecule has 0 atom stereocenters. The molecule has 0 saturated carbocycles. The Labute approximate surface area is 78.4 Å². The van der Waals surface area contributed by atoms with Gasteiger partial charge in [0.15, 0.2) is 0 Å². The van der Waals surface area contributed by atoms with Crippen LogP contribution in [0.25, 0.3) is 10.9 Å². The van der Waals surface area contributed by atoms with Crippen LogP contribution in [0.15, 0.2) is 24.4 Å². The molecule has 1 aromatic heterocycles. The van der Waals surface area contributed by atoms with Gasteiger partial charge >= 0.3 is 0 Å². The Morgan fingerprint density at radius 2 is 1.77 bits per heavy atom. The van der Waals surface area contributed by atoms with Crippen LogP contribution in [0, 0.1) is 20.8 Å². The predicted octanol–water partition coefficient (Wildman–Crippen LogP) is 3.16. The number of aromatic nitrogens is 1. The van der Waals surface area contributed by atoms with E-state index in [1.807, 2.05) is 6.20 Å². The standard InChI is InChI=1S/C12H13N/c1-8-5-4-6-11-12(8)10(3)9(2)7-13-11/h4-7H,1-3H3. The number of pyridine rings is 1. The van der Waals surface area contributed by atoms with Crippen LogP contribution in [-0.2, 0) is 0 Å². The van der Waals surface area contributed by atoms with E-state index in [1.54, 1.807) is 0 Å².